The van der Waals surface area contributed by atoms with Gasteiger partial charge in [0.2, 0.25) is 5.78 Å². The van der Waals surface area contributed by atoms with Crippen LogP contribution < -0.4 is 0 Å². The number of benzene rings is 6. The maximum Gasteiger partial charge on any atom is 0.338 e. The van der Waals surface area contributed by atoms with E-state index in [1.165, 1.54) is 72.8 Å². The predicted molar refractivity (Wildman–Crippen MR) is 252 cm³/mol. The lowest BCUT2D eigenvalue weighted by Gasteiger charge is -2.46. The van der Waals surface area contributed by atoms with Crippen LogP contribution in [-0.2, 0) is 47.4 Å². The van der Waals surface area contributed by atoms with E-state index >= 15 is 0 Å². The number of esters is 6. The number of ketones is 1. The molecule has 16 nitrogen and oxygen atoms in total. The van der Waals surface area contributed by atoms with Crippen LogP contribution in [0.25, 0.3) is 0 Å². The fourth-order valence-electron chi connectivity index (χ4n) is 7.57. The summed E-state index contributed by atoms with van der Waals surface area (Å²) in [5.41, 5.74) is 0.504. The number of carbonyl (C=O) groups is 7. The molecule has 6 aromatic rings. The van der Waals surface area contributed by atoms with Crippen LogP contribution in [0.2, 0.25) is 0 Å². The van der Waals surface area contributed by atoms with Crippen LogP contribution in [0.15, 0.2) is 182 Å². The summed E-state index contributed by atoms with van der Waals surface area (Å²) in [7, 11) is 0. The summed E-state index contributed by atoms with van der Waals surface area (Å²) < 4.78 is 55.1. The predicted octanol–water partition coefficient (Wildman–Crippen LogP) is 7.40. The van der Waals surface area contributed by atoms with Crippen molar-refractivity contribution < 1.29 is 76.2 Å². The zero-order chi connectivity index (χ0) is 49.7. The molecule has 0 aliphatic carbocycles. The van der Waals surface area contributed by atoms with Gasteiger partial charge >= 0.3 is 35.8 Å². The van der Waals surface area contributed by atoms with Gasteiger partial charge in [0.15, 0.2) is 35.7 Å². The van der Waals surface area contributed by atoms with Crippen LogP contribution in [0.4, 0.5) is 0 Å². The molecule has 0 N–H and O–H groups in total. The average Bonchev–Trinajstić information content (AvgIpc) is 3.42. The molecule has 8 rings (SSSR count). The molecule has 0 radical (unpaired) electrons. The van der Waals surface area contributed by atoms with Gasteiger partial charge in [-0.3, -0.25) is 4.79 Å². The molecule has 0 bridgehead atoms. The van der Waals surface area contributed by atoms with E-state index in [9.17, 15) is 33.6 Å². The lowest BCUT2D eigenvalue weighted by Crippen LogP contribution is -2.66. The Morgan fingerprint density at radius 3 is 1.07 bits per heavy atom. The zero-order valence-corrected chi connectivity index (χ0v) is 38.9. The summed E-state index contributed by atoms with van der Waals surface area (Å²) >= 11 is 3.21. The molecule has 2 heterocycles. The number of hydrogen-bond donors (Lipinski definition) is 0. The molecule has 0 unspecified atom stereocenters. The van der Waals surface area contributed by atoms with Crippen LogP contribution >= 0.6 is 15.9 Å². The third kappa shape index (κ3) is 12.5. The Hall–Kier alpha value is -7.83. The van der Waals surface area contributed by atoms with Crippen molar-refractivity contribution in [2.24, 2.45) is 0 Å². The molecule has 17 heteroatoms. The molecular weight excluding hydrogens is 984 g/mol. The highest BCUT2D eigenvalue weighted by Crippen LogP contribution is 2.36. The van der Waals surface area contributed by atoms with Gasteiger partial charge in [-0.2, -0.15) is 0 Å². The molecule has 0 amide bonds. The number of rotatable bonds is 16. The van der Waals surface area contributed by atoms with Crippen molar-refractivity contribution in [3.63, 3.8) is 0 Å². The average molecular weight is 1030 g/mol. The molecule has 0 aromatic heterocycles. The molecule has 2 fully saturated rings. The van der Waals surface area contributed by atoms with Gasteiger partial charge in [-0.1, -0.05) is 109 Å². The Labute approximate surface area is 414 Å². The number of halogens is 1. The number of ether oxygens (including phenoxy) is 9. The first-order valence-electron chi connectivity index (χ1n) is 22.2. The number of alkyl halides is 1. The molecule has 9 atom stereocenters. The third-order valence-electron chi connectivity index (χ3n) is 11.1. The van der Waals surface area contributed by atoms with E-state index < -0.39 is 109 Å². The van der Waals surface area contributed by atoms with Crippen molar-refractivity contribution in [2.45, 2.75) is 54.0 Å². The maximum atomic E-state index is 14.2. The van der Waals surface area contributed by atoms with E-state index in [0.29, 0.717) is 0 Å². The van der Waals surface area contributed by atoms with Crippen molar-refractivity contribution in [3.05, 3.63) is 215 Å². The SMILES string of the molecule is O=C(OC[C@H]1O[C@@H](O[C@H]2[C@H](OC(=O)c3ccccc3)C(=O)[C@@H](Br)O[C@@H]2COC(=O)c2ccccc2)[C@H](OC(=O)c2ccccc2)[C@@H](OC(=O)c2ccccc2)[C@H]1OC(=O)c1ccccc1)c1ccccc1. The van der Waals surface area contributed by atoms with Gasteiger partial charge in [0.05, 0.1) is 33.4 Å². The van der Waals surface area contributed by atoms with Gasteiger partial charge in [0, 0.05) is 0 Å². The van der Waals surface area contributed by atoms with E-state index in [1.54, 1.807) is 109 Å². The fourth-order valence-corrected chi connectivity index (χ4v) is 8.10. The van der Waals surface area contributed by atoms with Crippen molar-refractivity contribution in [1.29, 1.82) is 0 Å². The second-order valence-corrected chi connectivity index (χ2v) is 16.7. The minimum absolute atomic E-state index is 0.0230. The van der Waals surface area contributed by atoms with Gasteiger partial charge < -0.3 is 42.6 Å². The van der Waals surface area contributed by atoms with Crippen molar-refractivity contribution >= 4 is 57.5 Å². The van der Waals surface area contributed by atoms with E-state index in [4.69, 9.17) is 42.6 Å². The van der Waals surface area contributed by atoms with Crippen LogP contribution in [0, 0.1) is 0 Å². The van der Waals surface area contributed by atoms with Gasteiger partial charge in [0.1, 0.15) is 31.5 Å². The summed E-state index contributed by atoms with van der Waals surface area (Å²) in [6, 6.07) is 46.9. The summed E-state index contributed by atoms with van der Waals surface area (Å²) in [5, 5.41) is -1.44. The summed E-state index contributed by atoms with van der Waals surface area (Å²) in [6.07, 6.45) is -14.2. The standard InChI is InChI=1S/C54H43BrO16/c55-47-41(56)44(68-51(60)36-25-13-4-14-26-36)42(39(65-47)31-63-48(57)33-19-7-1-8-20-33)71-54-46(70-53(62)38-29-17-6-18-30-38)45(69-52(61)37-27-15-5-16-28-37)43(67-50(59)35-23-11-3-12-24-35)40(66-54)32-64-49(58)34-21-9-2-10-22-34/h1-30,39-40,42-47,54H,31-32H2/t39-,40-,42-,43+,44-,45+,46-,47+,54+/m1/s1. The second-order valence-electron chi connectivity index (χ2n) is 15.9. The van der Waals surface area contributed by atoms with E-state index in [-0.39, 0.29) is 33.4 Å². The van der Waals surface area contributed by atoms with Crippen LogP contribution in [0.5, 0.6) is 0 Å². The van der Waals surface area contributed by atoms with Crippen LogP contribution in [0.3, 0.4) is 0 Å². The van der Waals surface area contributed by atoms with Crippen LogP contribution in [0.1, 0.15) is 62.1 Å². The molecule has 0 saturated carbocycles. The minimum atomic E-state index is -1.98. The van der Waals surface area contributed by atoms with Gasteiger partial charge in [-0.05, 0) is 88.7 Å². The summed E-state index contributed by atoms with van der Waals surface area (Å²) in [6.45, 7) is -1.32. The number of hydrogen-bond acceptors (Lipinski definition) is 16. The summed E-state index contributed by atoms with van der Waals surface area (Å²) in [5.74, 6) is -6.32. The fraction of sp³-hybridized carbons (Fsp3) is 0.204. The van der Waals surface area contributed by atoms with Crippen LogP contribution in [-0.4, -0.2) is 109 Å². The molecule has 2 saturated heterocycles. The molecule has 6 aromatic carbocycles. The molecule has 362 valence electrons. The van der Waals surface area contributed by atoms with Crippen molar-refractivity contribution in [1.82, 2.24) is 0 Å². The topological polar surface area (TPSA) is 203 Å². The van der Waals surface area contributed by atoms with Gasteiger partial charge in [0.25, 0.3) is 0 Å². The Balaban J connectivity index is 1.24. The minimum Gasteiger partial charge on any atom is -0.459 e. The molecule has 71 heavy (non-hydrogen) atoms. The van der Waals surface area contributed by atoms with Crippen molar-refractivity contribution in [3.8, 4) is 0 Å². The first kappa shape index (κ1) is 49.6. The first-order valence-corrected chi connectivity index (χ1v) is 23.1. The lowest BCUT2D eigenvalue weighted by atomic mass is 9.96. The van der Waals surface area contributed by atoms with E-state index in [1.807, 2.05) is 0 Å². The highest BCUT2D eigenvalue weighted by molar-refractivity contribution is 9.09. The molecule has 2 aliphatic heterocycles. The monoisotopic (exact) mass is 1030 g/mol. The normalized spacial score (nSPS) is 22.7. The largest absolute Gasteiger partial charge is 0.459 e. The Kier molecular flexibility index (Phi) is 16.5. The zero-order valence-electron chi connectivity index (χ0n) is 37.3. The highest BCUT2D eigenvalue weighted by Gasteiger charge is 2.57. The summed E-state index contributed by atoms with van der Waals surface area (Å²) in [4.78, 5) is 97.4. The van der Waals surface area contributed by atoms with E-state index in [0.717, 1.165) is 0 Å². The third-order valence-corrected chi connectivity index (χ3v) is 11.8. The molecular formula is C54H43BrO16. The Morgan fingerprint density at radius 2 is 0.690 bits per heavy atom. The van der Waals surface area contributed by atoms with Gasteiger partial charge in [-0.25, -0.2) is 28.8 Å². The smallest absolute Gasteiger partial charge is 0.338 e. The highest BCUT2D eigenvalue weighted by atomic mass is 79.9. The number of carbonyl (C=O) groups excluding carboxylic acids is 7. The number of Topliss-reactive ketones (excluding diaryl/α,β-unsaturated/α-hetero) is 1. The Bertz CT molecular complexity index is 2780. The molecule has 2 aliphatic rings. The van der Waals surface area contributed by atoms with E-state index in [2.05, 4.69) is 15.9 Å². The lowest BCUT2D eigenvalue weighted by molar-refractivity contribution is -0.324. The first-order chi connectivity index (χ1) is 34.5. The molecule has 0 spiro atoms. The Morgan fingerprint density at radius 1 is 0.380 bits per heavy atom. The second kappa shape index (κ2) is 23.7. The van der Waals surface area contributed by atoms with Gasteiger partial charge in [-0.15, -0.1) is 0 Å². The maximum absolute atomic E-state index is 14.2. The quantitative estimate of drug-likeness (QED) is 0.0527. The van der Waals surface area contributed by atoms with Crippen molar-refractivity contribution in [2.75, 3.05) is 13.2 Å².